The first-order chi connectivity index (χ1) is 9.35. The fourth-order valence-corrected chi connectivity index (χ4v) is 1.74. The molecule has 1 aromatic heterocycles. The molecule has 0 saturated carbocycles. The SMILES string of the molecule is CC(C)c1cc(C(=O)N(CCO)CC(F)F)cc(N)n1. The van der Waals surface area contributed by atoms with E-state index in [4.69, 9.17) is 10.8 Å². The number of halogens is 2. The molecule has 0 aliphatic heterocycles. The van der Waals surface area contributed by atoms with Crippen LogP contribution in [0.2, 0.25) is 0 Å². The van der Waals surface area contributed by atoms with E-state index in [9.17, 15) is 13.6 Å². The van der Waals surface area contributed by atoms with E-state index in [-0.39, 0.29) is 30.5 Å². The molecule has 0 bridgehead atoms. The molecule has 1 amide bonds. The number of carbonyl (C=O) groups excluding carboxylic acids is 1. The number of rotatable bonds is 6. The summed E-state index contributed by atoms with van der Waals surface area (Å²) in [5.41, 5.74) is 6.45. The van der Waals surface area contributed by atoms with E-state index in [0.717, 1.165) is 4.90 Å². The summed E-state index contributed by atoms with van der Waals surface area (Å²) in [7, 11) is 0. The van der Waals surface area contributed by atoms with E-state index in [1.54, 1.807) is 6.07 Å². The number of nitrogen functional groups attached to an aromatic ring is 1. The zero-order valence-corrected chi connectivity index (χ0v) is 11.5. The van der Waals surface area contributed by atoms with Gasteiger partial charge >= 0.3 is 0 Å². The Morgan fingerprint density at radius 3 is 2.60 bits per heavy atom. The fourth-order valence-electron chi connectivity index (χ4n) is 1.74. The lowest BCUT2D eigenvalue weighted by molar-refractivity contribution is 0.0509. The van der Waals surface area contributed by atoms with Crippen LogP contribution in [0.15, 0.2) is 12.1 Å². The van der Waals surface area contributed by atoms with Crippen LogP contribution in [0.25, 0.3) is 0 Å². The van der Waals surface area contributed by atoms with Gasteiger partial charge in [-0.1, -0.05) is 13.8 Å². The van der Waals surface area contributed by atoms with Crippen LogP contribution in [0, 0.1) is 0 Å². The first kappa shape index (κ1) is 16.3. The molecule has 3 N–H and O–H groups in total. The quantitative estimate of drug-likeness (QED) is 0.830. The number of hydrogen-bond acceptors (Lipinski definition) is 4. The molecule has 0 radical (unpaired) electrons. The predicted octanol–water partition coefficient (Wildman–Crippen LogP) is 1.49. The third-order valence-electron chi connectivity index (χ3n) is 2.72. The number of anilines is 1. The second-order valence-corrected chi connectivity index (χ2v) is 4.73. The minimum Gasteiger partial charge on any atom is -0.395 e. The van der Waals surface area contributed by atoms with Crippen LogP contribution in [0.1, 0.15) is 35.8 Å². The van der Waals surface area contributed by atoms with Crippen molar-refractivity contribution in [3.63, 3.8) is 0 Å². The minimum absolute atomic E-state index is 0.0615. The highest BCUT2D eigenvalue weighted by molar-refractivity contribution is 5.95. The molecule has 20 heavy (non-hydrogen) atoms. The molecular weight excluding hydrogens is 268 g/mol. The van der Waals surface area contributed by atoms with Gasteiger partial charge in [0.05, 0.1) is 13.2 Å². The van der Waals surface area contributed by atoms with Gasteiger partial charge in [0.25, 0.3) is 12.3 Å². The summed E-state index contributed by atoms with van der Waals surface area (Å²) in [4.78, 5) is 17.2. The second kappa shape index (κ2) is 7.14. The Morgan fingerprint density at radius 2 is 2.10 bits per heavy atom. The van der Waals surface area contributed by atoms with Crippen LogP contribution in [-0.4, -0.2) is 47.0 Å². The highest BCUT2D eigenvalue weighted by atomic mass is 19.3. The summed E-state index contributed by atoms with van der Waals surface area (Å²) in [6, 6.07) is 2.89. The maximum Gasteiger partial charge on any atom is 0.255 e. The van der Waals surface area contributed by atoms with Gasteiger partial charge in [0.1, 0.15) is 5.82 Å². The van der Waals surface area contributed by atoms with Gasteiger partial charge in [-0.15, -0.1) is 0 Å². The van der Waals surface area contributed by atoms with Gasteiger partial charge in [-0.25, -0.2) is 13.8 Å². The van der Waals surface area contributed by atoms with Crippen molar-refractivity contribution >= 4 is 11.7 Å². The molecule has 0 aromatic carbocycles. The van der Waals surface area contributed by atoms with Gasteiger partial charge in [0.2, 0.25) is 0 Å². The van der Waals surface area contributed by atoms with E-state index in [0.29, 0.717) is 5.69 Å². The number of amides is 1. The number of aromatic nitrogens is 1. The first-order valence-corrected chi connectivity index (χ1v) is 6.31. The number of alkyl halides is 2. The topological polar surface area (TPSA) is 79.5 Å². The average Bonchev–Trinajstić information content (AvgIpc) is 2.36. The third kappa shape index (κ3) is 4.41. The molecule has 5 nitrogen and oxygen atoms in total. The number of nitrogens with zero attached hydrogens (tertiary/aromatic N) is 2. The maximum atomic E-state index is 12.5. The lowest BCUT2D eigenvalue weighted by Gasteiger charge is -2.22. The van der Waals surface area contributed by atoms with Crippen LogP contribution < -0.4 is 5.73 Å². The van der Waals surface area contributed by atoms with Crippen molar-refractivity contribution in [2.24, 2.45) is 0 Å². The molecule has 0 spiro atoms. The largest absolute Gasteiger partial charge is 0.395 e. The van der Waals surface area contributed by atoms with Crippen LogP contribution in [0.3, 0.4) is 0 Å². The molecule has 7 heteroatoms. The Bertz CT molecular complexity index is 467. The highest BCUT2D eigenvalue weighted by Gasteiger charge is 2.20. The van der Waals surface area contributed by atoms with Gasteiger partial charge < -0.3 is 15.7 Å². The summed E-state index contributed by atoms with van der Waals surface area (Å²) in [6.07, 6.45) is -2.66. The monoisotopic (exact) mass is 287 g/mol. The number of nitrogens with two attached hydrogens (primary N) is 1. The molecule has 1 heterocycles. The van der Waals surface area contributed by atoms with E-state index in [1.807, 2.05) is 13.8 Å². The first-order valence-electron chi connectivity index (χ1n) is 6.31. The van der Waals surface area contributed by atoms with E-state index >= 15 is 0 Å². The van der Waals surface area contributed by atoms with Crippen LogP contribution in [0.5, 0.6) is 0 Å². The molecular formula is C13H19F2N3O2. The molecule has 0 aliphatic rings. The Kier molecular flexibility index (Phi) is 5.82. The number of aliphatic hydroxyl groups is 1. The molecule has 0 saturated heterocycles. The number of hydrogen-bond donors (Lipinski definition) is 2. The molecule has 112 valence electrons. The highest BCUT2D eigenvalue weighted by Crippen LogP contribution is 2.17. The molecule has 0 fully saturated rings. The van der Waals surface area contributed by atoms with E-state index in [1.165, 1.54) is 6.07 Å². The lowest BCUT2D eigenvalue weighted by Crippen LogP contribution is -2.37. The normalized spacial score (nSPS) is 11.2. The van der Waals surface area contributed by atoms with Crippen molar-refractivity contribution in [1.29, 1.82) is 0 Å². The Balaban J connectivity index is 3.04. The van der Waals surface area contributed by atoms with Gasteiger partial charge in [-0.05, 0) is 18.1 Å². The van der Waals surface area contributed by atoms with Gasteiger partial charge in [0.15, 0.2) is 0 Å². The summed E-state index contributed by atoms with van der Waals surface area (Å²) in [5, 5.41) is 8.87. The fraction of sp³-hybridized carbons (Fsp3) is 0.538. The number of carbonyl (C=O) groups is 1. The number of pyridine rings is 1. The van der Waals surface area contributed by atoms with Gasteiger partial charge in [-0.3, -0.25) is 4.79 Å². The maximum absolute atomic E-state index is 12.5. The molecule has 0 aliphatic carbocycles. The van der Waals surface area contributed by atoms with Crippen molar-refractivity contribution in [3.8, 4) is 0 Å². The van der Waals surface area contributed by atoms with Crippen molar-refractivity contribution in [3.05, 3.63) is 23.4 Å². The van der Waals surface area contributed by atoms with Gasteiger partial charge in [0, 0.05) is 17.8 Å². The summed E-state index contributed by atoms with van der Waals surface area (Å²) >= 11 is 0. The average molecular weight is 287 g/mol. The van der Waals surface area contributed by atoms with Crippen molar-refractivity contribution in [2.75, 3.05) is 25.4 Å². The van der Waals surface area contributed by atoms with E-state index < -0.39 is 18.9 Å². The molecule has 1 rings (SSSR count). The van der Waals surface area contributed by atoms with Crippen molar-refractivity contribution in [1.82, 2.24) is 9.88 Å². The molecule has 0 unspecified atom stereocenters. The standard InChI is InChI=1S/C13H19F2N3O2/c1-8(2)10-5-9(6-12(16)17-10)13(20)18(3-4-19)7-11(14)15/h5-6,8,11,19H,3-4,7H2,1-2H3,(H2,16,17). The Labute approximate surface area is 116 Å². The van der Waals surface area contributed by atoms with Crippen LogP contribution in [0.4, 0.5) is 14.6 Å². The lowest BCUT2D eigenvalue weighted by atomic mass is 10.1. The van der Waals surface area contributed by atoms with Crippen molar-refractivity contribution in [2.45, 2.75) is 26.2 Å². The Hall–Kier alpha value is -1.76. The minimum atomic E-state index is -2.66. The van der Waals surface area contributed by atoms with Crippen molar-refractivity contribution < 1.29 is 18.7 Å². The zero-order valence-electron chi connectivity index (χ0n) is 11.5. The summed E-state index contributed by atoms with van der Waals surface area (Å²) < 4.78 is 24.9. The summed E-state index contributed by atoms with van der Waals surface area (Å²) in [5.74, 6) is -0.359. The summed E-state index contributed by atoms with van der Waals surface area (Å²) in [6.45, 7) is 2.53. The van der Waals surface area contributed by atoms with Crippen LogP contribution in [-0.2, 0) is 0 Å². The molecule has 0 atom stereocenters. The zero-order chi connectivity index (χ0) is 15.3. The smallest absolute Gasteiger partial charge is 0.255 e. The van der Waals surface area contributed by atoms with Gasteiger partial charge in [-0.2, -0.15) is 0 Å². The molecule has 1 aromatic rings. The van der Waals surface area contributed by atoms with Crippen LogP contribution >= 0.6 is 0 Å². The Morgan fingerprint density at radius 1 is 1.45 bits per heavy atom. The number of aliphatic hydroxyl groups excluding tert-OH is 1. The predicted molar refractivity (Wildman–Crippen MR) is 71.7 cm³/mol. The second-order valence-electron chi connectivity index (χ2n) is 4.73. The van der Waals surface area contributed by atoms with E-state index in [2.05, 4.69) is 4.98 Å². The third-order valence-corrected chi connectivity index (χ3v) is 2.72.